The number of likely N-dealkylation sites (N-methyl/N-ethyl adjacent to an activating group) is 2. The van der Waals surface area contributed by atoms with Gasteiger partial charge in [-0.15, -0.1) is 24.0 Å². The maximum atomic E-state index is 12.3. The maximum Gasteiger partial charge on any atom is 0.242 e. The summed E-state index contributed by atoms with van der Waals surface area (Å²) in [5, 5.41) is 3.26. The van der Waals surface area contributed by atoms with Crippen LogP contribution >= 0.6 is 24.0 Å². The number of para-hydroxylation sites is 2. The molecular formula is C20H33IN6O. The number of benzene rings is 1. The minimum absolute atomic E-state index is 0. The number of nitrogens with one attached hydrogen (secondary N) is 2. The van der Waals surface area contributed by atoms with Crippen LogP contribution in [0.5, 0.6) is 0 Å². The monoisotopic (exact) mass is 500 g/mol. The third-order valence-corrected chi connectivity index (χ3v) is 4.46. The van der Waals surface area contributed by atoms with Crippen LogP contribution in [0.4, 0.5) is 0 Å². The standard InChI is InChI=1S/C20H32N6O.HI/c1-5-21-20(25(4)15-19(27)26(6-2)7-3)22-14-10-13-18-23-16-11-8-9-12-17(16)24-18;/h8-9,11-12H,5-7,10,13-15H2,1-4H3,(H,21,22)(H,23,24);1H. The Morgan fingerprint density at radius 2 is 1.93 bits per heavy atom. The SMILES string of the molecule is CCNC(=NCCCc1nc2ccccc2[nH]1)N(C)CC(=O)N(CC)CC.I. The van der Waals surface area contributed by atoms with Crippen molar-refractivity contribution in [1.29, 1.82) is 0 Å². The molecular weight excluding hydrogens is 467 g/mol. The van der Waals surface area contributed by atoms with E-state index in [1.54, 1.807) is 0 Å². The fraction of sp³-hybridized carbons (Fsp3) is 0.550. The van der Waals surface area contributed by atoms with Crippen LogP contribution < -0.4 is 5.32 Å². The molecule has 2 N–H and O–H groups in total. The lowest BCUT2D eigenvalue weighted by Gasteiger charge is -2.25. The predicted molar refractivity (Wildman–Crippen MR) is 126 cm³/mol. The predicted octanol–water partition coefficient (Wildman–Crippen LogP) is 2.88. The minimum Gasteiger partial charge on any atom is -0.357 e. The first-order valence-corrected chi connectivity index (χ1v) is 9.79. The van der Waals surface area contributed by atoms with E-state index in [0.29, 0.717) is 13.1 Å². The summed E-state index contributed by atoms with van der Waals surface area (Å²) in [6, 6.07) is 8.05. The Morgan fingerprint density at radius 1 is 1.21 bits per heavy atom. The number of carbonyl (C=O) groups is 1. The molecule has 1 aromatic carbocycles. The van der Waals surface area contributed by atoms with Crippen LogP contribution in [0.1, 0.15) is 33.0 Å². The van der Waals surface area contributed by atoms with Gasteiger partial charge in [0.25, 0.3) is 0 Å². The van der Waals surface area contributed by atoms with Crippen LogP contribution in [0.25, 0.3) is 11.0 Å². The summed E-state index contributed by atoms with van der Waals surface area (Å²) in [5.41, 5.74) is 2.07. The van der Waals surface area contributed by atoms with Gasteiger partial charge in [0.2, 0.25) is 5.91 Å². The number of H-pyrrole nitrogens is 1. The van der Waals surface area contributed by atoms with Crippen molar-refractivity contribution in [3.63, 3.8) is 0 Å². The number of halogens is 1. The second kappa shape index (κ2) is 12.6. The van der Waals surface area contributed by atoms with Gasteiger partial charge in [0.05, 0.1) is 17.6 Å². The van der Waals surface area contributed by atoms with Gasteiger partial charge in [-0.1, -0.05) is 12.1 Å². The quantitative estimate of drug-likeness (QED) is 0.240. The lowest BCUT2D eigenvalue weighted by Crippen LogP contribution is -2.45. The molecule has 0 aliphatic carbocycles. The highest BCUT2D eigenvalue weighted by molar-refractivity contribution is 14.0. The minimum atomic E-state index is 0. The van der Waals surface area contributed by atoms with E-state index in [2.05, 4.69) is 20.3 Å². The van der Waals surface area contributed by atoms with Crippen LogP contribution in [-0.4, -0.2) is 71.4 Å². The Hall–Kier alpha value is -1.84. The average Bonchev–Trinajstić information content (AvgIpc) is 3.08. The van der Waals surface area contributed by atoms with Crippen molar-refractivity contribution in [3.05, 3.63) is 30.1 Å². The number of aromatic amines is 1. The molecule has 0 aliphatic rings. The normalized spacial score (nSPS) is 11.2. The summed E-state index contributed by atoms with van der Waals surface area (Å²) in [7, 11) is 1.90. The molecule has 0 spiro atoms. The topological polar surface area (TPSA) is 76.6 Å². The third kappa shape index (κ3) is 6.96. The van der Waals surface area contributed by atoms with Gasteiger partial charge < -0.3 is 20.1 Å². The van der Waals surface area contributed by atoms with Gasteiger partial charge in [0.1, 0.15) is 5.82 Å². The lowest BCUT2D eigenvalue weighted by molar-refractivity contribution is -0.131. The Morgan fingerprint density at radius 3 is 2.57 bits per heavy atom. The van der Waals surface area contributed by atoms with Crippen molar-refractivity contribution in [2.75, 3.05) is 39.8 Å². The van der Waals surface area contributed by atoms with E-state index in [9.17, 15) is 4.79 Å². The van der Waals surface area contributed by atoms with Gasteiger partial charge in [0.15, 0.2) is 5.96 Å². The number of imidazole rings is 1. The van der Waals surface area contributed by atoms with Crippen molar-refractivity contribution in [3.8, 4) is 0 Å². The Bertz CT molecular complexity index is 723. The smallest absolute Gasteiger partial charge is 0.242 e. The van der Waals surface area contributed by atoms with Gasteiger partial charge in [-0.3, -0.25) is 9.79 Å². The second-order valence-corrected chi connectivity index (χ2v) is 6.46. The highest BCUT2D eigenvalue weighted by atomic mass is 127. The van der Waals surface area contributed by atoms with E-state index < -0.39 is 0 Å². The molecule has 0 aliphatic heterocycles. The fourth-order valence-electron chi connectivity index (χ4n) is 2.98. The average molecular weight is 500 g/mol. The zero-order valence-electron chi connectivity index (χ0n) is 17.4. The maximum absolute atomic E-state index is 12.3. The van der Waals surface area contributed by atoms with Crippen molar-refractivity contribution >= 4 is 46.9 Å². The largest absolute Gasteiger partial charge is 0.357 e. The van der Waals surface area contributed by atoms with Crippen LogP contribution in [0.2, 0.25) is 0 Å². The molecule has 2 aromatic rings. The molecule has 0 saturated heterocycles. The van der Waals surface area contributed by atoms with Gasteiger partial charge in [-0.05, 0) is 39.3 Å². The molecule has 0 atom stereocenters. The number of nitrogens with zero attached hydrogens (tertiary/aromatic N) is 4. The van der Waals surface area contributed by atoms with Crippen molar-refractivity contribution < 1.29 is 4.79 Å². The molecule has 1 amide bonds. The fourth-order valence-corrected chi connectivity index (χ4v) is 2.98. The molecule has 0 radical (unpaired) electrons. The molecule has 1 aromatic heterocycles. The summed E-state index contributed by atoms with van der Waals surface area (Å²) in [5.74, 6) is 1.87. The van der Waals surface area contributed by atoms with E-state index in [0.717, 1.165) is 55.3 Å². The highest BCUT2D eigenvalue weighted by Crippen LogP contribution is 2.11. The number of amides is 1. The van der Waals surface area contributed by atoms with E-state index in [1.807, 2.05) is 61.9 Å². The molecule has 7 nitrogen and oxygen atoms in total. The number of aromatic nitrogens is 2. The number of aryl methyl sites for hydroxylation is 1. The molecule has 0 bridgehead atoms. The molecule has 1 heterocycles. The van der Waals surface area contributed by atoms with E-state index in [4.69, 9.17) is 0 Å². The number of hydrogen-bond donors (Lipinski definition) is 2. The molecule has 28 heavy (non-hydrogen) atoms. The number of fused-ring (bicyclic) bond motifs is 1. The zero-order chi connectivity index (χ0) is 19.6. The Kier molecular flexibility index (Phi) is 10.9. The van der Waals surface area contributed by atoms with Gasteiger partial charge in [-0.25, -0.2) is 4.98 Å². The van der Waals surface area contributed by atoms with E-state index in [-0.39, 0.29) is 29.9 Å². The first-order valence-electron chi connectivity index (χ1n) is 9.79. The first kappa shape index (κ1) is 24.2. The summed E-state index contributed by atoms with van der Waals surface area (Å²) in [4.78, 5) is 28.7. The molecule has 2 rings (SSSR count). The van der Waals surface area contributed by atoms with Crippen molar-refractivity contribution in [2.24, 2.45) is 4.99 Å². The summed E-state index contributed by atoms with van der Waals surface area (Å²) in [6.45, 7) is 9.27. The Balaban J connectivity index is 0.00000392. The zero-order valence-corrected chi connectivity index (χ0v) is 19.7. The van der Waals surface area contributed by atoms with Crippen LogP contribution in [-0.2, 0) is 11.2 Å². The van der Waals surface area contributed by atoms with Crippen LogP contribution in [0.3, 0.4) is 0 Å². The molecule has 0 saturated carbocycles. The highest BCUT2D eigenvalue weighted by Gasteiger charge is 2.14. The van der Waals surface area contributed by atoms with Crippen LogP contribution in [0, 0.1) is 0 Å². The second-order valence-electron chi connectivity index (χ2n) is 6.46. The molecule has 0 unspecified atom stereocenters. The van der Waals surface area contributed by atoms with Crippen molar-refractivity contribution in [2.45, 2.75) is 33.6 Å². The van der Waals surface area contributed by atoms with Crippen molar-refractivity contribution in [1.82, 2.24) is 25.1 Å². The summed E-state index contributed by atoms with van der Waals surface area (Å²) < 4.78 is 0. The number of carbonyl (C=O) groups excluding carboxylic acids is 1. The molecule has 0 fully saturated rings. The number of rotatable bonds is 9. The van der Waals surface area contributed by atoms with Crippen LogP contribution in [0.15, 0.2) is 29.3 Å². The first-order chi connectivity index (χ1) is 13.1. The number of guanidine groups is 1. The van der Waals surface area contributed by atoms with E-state index in [1.165, 1.54) is 0 Å². The van der Waals surface area contributed by atoms with Gasteiger partial charge >= 0.3 is 0 Å². The number of hydrogen-bond acceptors (Lipinski definition) is 3. The summed E-state index contributed by atoms with van der Waals surface area (Å²) >= 11 is 0. The van der Waals surface area contributed by atoms with E-state index >= 15 is 0 Å². The van der Waals surface area contributed by atoms with Gasteiger partial charge in [-0.2, -0.15) is 0 Å². The molecule has 8 heteroatoms. The summed E-state index contributed by atoms with van der Waals surface area (Å²) in [6.07, 6.45) is 1.74. The molecule has 156 valence electrons. The van der Waals surface area contributed by atoms with Gasteiger partial charge in [0, 0.05) is 39.6 Å². The third-order valence-electron chi connectivity index (χ3n) is 4.46. The Labute approximate surface area is 185 Å². The number of aliphatic imine (C=N–C) groups is 1. The lowest BCUT2D eigenvalue weighted by atomic mass is 10.3.